The standard InChI is InChI=1S/C21H14F2N2O4/c1-12(19-24-25-20(29-19)14-4-8-16(23)9-5-14)27-21(26)18-11-10-17(28-18)13-2-6-15(22)7-3-13/h2-12H,1H3/t12-/m0/s1. The lowest BCUT2D eigenvalue weighted by atomic mass is 10.2. The van der Waals surface area contributed by atoms with Crippen molar-refractivity contribution >= 4 is 5.97 Å². The normalized spacial score (nSPS) is 12.0. The van der Waals surface area contributed by atoms with Crippen LogP contribution in [0.2, 0.25) is 0 Å². The average molecular weight is 396 g/mol. The van der Waals surface area contributed by atoms with Crippen LogP contribution in [-0.4, -0.2) is 16.2 Å². The Balaban J connectivity index is 1.45. The lowest BCUT2D eigenvalue weighted by molar-refractivity contribution is 0.0245. The summed E-state index contributed by atoms with van der Waals surface area (Å²) in [6.45, 7) is 1.57. The molecule has 0 radical (unpaired) electrons. The van der Waals surface area contributed by atoms with Gasteiger partial charge in [0.05, 0.1) is 0 Å². The van der Waals surface area contributed by atoms with E-state index in [1.54, 1.807) is 25.1 Å². The molecule has 0 saturated heterocycles. The molecule has 2 aromatic heterocycles. The van der Waals surface area contributed by atoms with Gasteiger partial charge in [-0.05, 0) is 67.6 Å². The minimum atomic E-state index is -0.830. The van der Waals surface area contributed by atoms with E-state index in [9.17, 15) is 13.6 Å². The van der Waals surface area contributed by atoms with Crippen LogP contribution in [0.5, 0.6) is 0 Å². The molecule has 0 aliphatic carbocycles. The Labute approximate surface area is 163 Å². The fourth-order valence-corrected chi connectivity index (χ4v) is 2.59. The predicted molar refractivity (Wildman–Crippen MR) is 97.6 cm³/mol. The number of hydrogen-bond acceptors (Lipinski definition) is 6. The second-order valence-electron chi connectivity index (χ2n) is 6.17. The summed E-state index contributed by atoms with van der Waals surface area (Å²) in [4.78, 5) is 12.3. The highest BCUT2D eigenvalue weighted by Gasteiger charge is 2.22. The van der Waals surface area contributed by atoms with Crippen molar-refractivity contribution in [1.82, 2.24) is 10.2 Å². The van der Waals surface area contributed by atoms with E-state index >= 15 is 0 Å². The van der Waals surface area contributed by atoms with E-state index in [2.05, 4.69) is 10.2 Å². The molecule has 6 nitrogen and oxygen atoms in total. The first-order valence-electron chi connectivity index (χ1n) is 8.66. The number of rotatable bonds is 5. The van der Waals surface area contributed by atoms with Crippen LogP contribution in [0.15, 0.2) is 69.5 Å². The third-order valence-electron chi connectivity index (χ3n) is 4.10. The van der Waals surface area contributed by atoms with Gasteiger partial charge < -0.3 is 13.6 Å². The lowest BCUT2D eigenvalue weighted by Gasteiger charge is -2.07. The fraction of sp³-hybridized carbons (Fsp3) is 0.0952. The highest BCUT2D eigenvalue weighted by molar-refractivity contribution is 5.87. The zero-order valence-corrected chi connectivity index (χ0v) is 15.1. The summed E-state index contributed by atoms with van der Waals surface area (Å²) < 4.78 is 42.4. The van der Waals surface area contributed by atoms with Gasteiger partial charge in [-0.3, -0.25) is 0 Å². The van der Waals surface area contributed by atoms with Gasteiger partial charge >= 0.3 is 5.97 Å². The fourth-order valence-electron chi connectivity index (χ4n) is 2.59. The van der Waals surface area contributed by atoms with Crippen molar-refractivity contribution in [2.45, 2.75) is 13.0 Å². The van der Waals surface area contributed by atoms with Crippen molar-refractivity contribution in [3.63, 3.8) is 0 Å². The molecular formula is C21H14F2N2O4. The third kappa shape index (κ3) is 4.06. The highest BCUT2D eigenvalue weighted by atomic mass is 19.1. The van der Waals surface area contributed by atoms with E-state index in [-0.39, 0.29) is 29.2 Å². The van der Waals surface area contributed by atoms with Crippen LogP contribution in [0, 0.1) is 11.6 Å². The Bertz CT molecular complexity index is 1130. The van der Waals surface area contributed by atoms with Crippen molar-refractivity contribution in [3.8, 4) is 22.8 Å². The van der Waals surface area contributed by atoms with Crippen LogP contribution >= 0.6 is 0 Å². The molecule has 8 heteroatoms. The number of ether oxygens (including phenoxy) is 1. The van der Waals surface area contributed by atoms with E-state index in [0.717, 1.165) is 0 Å². The second kappa shape index (κ2) is 7.67. The molecule has 0 saturated carbocycles. The van der Waals surface area contributed by atoms with Gasteiger partial charge in [0.2, 0.25) is 11.7 Å². The smallest absolute Gasteiger partial charge is 0.375 e. The van der Waals surface area contributed by atoms with Gasteiger partial charge in [-0.25, -0.2) is 13.6 Å². The maximum atomic E-state index is 13.0. The van der Waals surface area contributed by atoms with Crippen LogP contribution in [0.3, 0.4) is 0 Å². The van der Waals surface area contributed by atoms with Gasteiger partial charge in [0.15, 0.2) is 6.10 Å². The molecule has 2 heterocycles. The highest BCUT2D eigenvalue weighted by Crippen LogP contribution is 2.26. The van der Waals surface area contributed by atoms with E-state index in [0.29, 0.717) is 16.9 Å². The molecule has 0 fully saturated rings. The first-order chi connectivity index (χ1) is 14.0. The third-order valence-corrected chi connectivity index (χ3v) is 4.10. The summed E-state index contributed by atoms with van der Waals surface area (Å²) in [5.74, 6) is -0.812. The largest absolute Gasteiger partial charge is 0.449 e. The summed E-state index contributed by atoms with van der Waals surface area (Å²) in [6.07, 6.45) is -0.830. The Kier molecular flexibility index (Phi) is 4.90. The number of carbonyl (C=O) groups excluding carboxylic acids is 1. The quantitative estimate of drug-likeness (QED) is 0.432. The molecule has 0 aliphatic heterocycles. The van der Waals surface area contributed by atoms with E-state index in [4.69, 9.17) is 13.6 Å². The molecule has 0 N–H and O–H groups in total. The first-order valence-corrected chi connectivity index (χ1v) is 8.66. The Morgan fingerprint density at radius 2 is 1.48 bits per heavy atom. The Hall–Kier alpha value is -3.81. The van der Waals surface area contributed by atoms with Crippen LogP contribution in [0.25, 0.3) is 22.8 Å². The summed E-state index contributed by atoms with van der Waals surface area (Å²) in [7, 11) is 0. The number of hydrogen-bond donors (Lipinski definition) is 0. The van der Waals surface area contributed by atoms with Crippen molar-refractivity contribution in [2.24, 2.45) is 0 Å². The van der Waals surface area contributed by atoms with Gasteiger partial charge in [-0.1, -0.05) is 0 Å². The SMILES string of the molecule is C[C@H](OC(=O)c1ccc(-c2ccc(F)cc2)o1)c1nnc(-c2ccc(F)cc2)o1. The molecule has 0 spiro atoms. The number of furan rings is 1. The van der Waals surface area contributed by atoms with Gasteiger partial charge in [0, 0.05) is 11.1 Å². The van der Waals surface area contributed by atoms with E-state index in [1.807, 2.05) is 0 Å². The Morgan fingerprint density at radius 3 is 2.14 bits per heavy atom. The van der Waals surface area contributed by atoms with Crippen LogP contribution in [-0.2, 0) is 4.74 Å². The molecule has 146 valence electrons. The van der Waals surface area contributed by atoms with Crippen molar-refractivity contribution in [3.05, 3.63) is 83.9 Å². The summed E-state index contributed by atoms with van der Waals surface area (Å²) in [5, 5.41) is 7.75. The molecule has 4 rings (SSSR count). The average Bonchev–Trinajstić information content (AvgIpc) is 3.39. The predicted octanol–water partition coefficient (Wildman–Crippen LogP) is 5.19. The monoisotopic (exact) mass is 396 g/mol. The number of carbonyl (C=O) groups is 1. The molecule has 2 aromatic carbocycles. The molecule has 0 bridgehead atoms. The number of benzene rings is 2. The molecule has 0 unspecified atom stereocenters. The summed E-state index contributed by atoms with van der Waals surface area (Å²) >= 11 is 0. The molecule has 4 aromatic rings. The van der Waals surface area contributed by atoms with Gasteiger partial charge in [0.1, 0.15) is 17.4 Å². The second-order valence-corrected chi connectivity index (χ2v) is 6.17. The van der Waals surface area contributed by atoms with Crippen LogP contribution in [0.4, 0.5) is 8.78 Å². The number of halogens is 2. The van der Waals surface area contributed by atoms with Gasteiger partial charge in [0.25, 0.3) is 5.89 Å². The molecule has 0 amide bonds. The van der Waals surface area contributed by atoms with Crippen molar-refractivity contribution in [2.75, 3.05) is 0 Å². The maximum Gasteiger partial charge on any atom is 0.375 e. The number of esters is 1. The molecular weight excluding hydrogens is 382 g/mol. The zero-order valence-electron chi connectivity index (χ0n) is 15.1. The van der Waals surface area contributed by atoms with Crippen LogP contribution < -0.4 is 0 Å². The van der Waals surface area contributed by atoms with E-state index in [1.165, 1.54) is 42.5 Å². The number of aromatic nitrogens is 2. The summed E-state index contributed by atoms with van der Waals surface area (Å²) in [5.41, 5.74) is 1.16. The molecule has 1 atom stereocenters. The maximum absolute atomic E-state index is 13.0. The van der Waals surface area contributed by atoms with Crippen molar-refractivity contribution < 1.29 is 27.1 Å². The lowest BCUT2D eigenvalue weighted by Crippen LogP contribution is -2.08. The van der Waals surface area contributed by atoms with Crippen molar-refractivity contribution in [1.29, 1.82) is 0 Å². The van der Waals surface area contributed by atoms with Gasteiger partial charge in [-0.15, -0.1) is 10.2 Å². The first kappa shape index (κ1) is 18.5. The Morgan fingerprint density at radius 1 is 0.862 bits per heavy atom. The zero-order chi connectivity index (χ0) is 20.4. The topological polar surface area (TPSA) is 78.4 Å². The van der Waals surface area contributed by atoms with Gasteiger partial charge in [-0.2, -0.15) is 0 Å². The number of nitrogens with zero attached hydrogens (tertiary/aromatic N) is 2. The minimum absolute atomic E-state index is 0.0190. The summed E-state index contributed by atoms with van der Waals surface area (Å²) in [6, 6.07) is 14.3. The molecule has 29 heavy (non-hydrogen) atoms. The van der Waals surface area contributed by atoms with E-state index < -0.39 is 12.1 Å². The van der Waals surface area contributed by atoms with Crippen LogP contribution in [0.1, 0.15) is 29.5 Å². The molecule has 0 aliphatic rings. The minimum Gasteiger partial charge on any atom is -0.449 e.